The summed E-state index contributed by atoms with van der Waals surface area (Å²) < 4.78 is 11.3. The van der Waals surface area contributed by atoms with Gasteiger partial charge in [0.25, 0.3) is 0 Å². The van der Waals surface area contributed by atoms with Crippen molar-refractivity contribution in [1.29, 1.82) is 0 Å². The molecule has 162 valence electrons. The number of benzene rings is 2. The van der Waals surface area contributed by atoms with Crippen LogP contribution >= 0.6 is 0 Å². The smallest absolute Gasteiger partial charge is 0.342 e. The molecule has 31 heavy (non-hydrogen) atoms. The van der Waals surface area contributed by atoms with Crippen LogP contribution in [0, 0.1) is 0 Å². The van der Waals surface area contributed by atoms with E-state index in [0.717, 1.165) is 37.3 Å². The Labute approximate surface area is 181 Å². The van der Waals surface area contributed by atoms with E-state index in [0.29, 0.717) is 36.6 Å². The predicted octanol–water partition coefficient (Wildman–Crippen LogP) is 3.37. The van der Waals surface area contributed by atoms with E-state index >= 15 is 0 Å². The van der Waals surface area contributed by atoms with Gasteiger partial charge in [-0.2, -0.15) is 0 Å². The second kappa shape index (κ2) is 9.76. The van der Waals surface area contributed by atoms with Crippen molar-refractivity contribution >= 4 is 28.5 Å². The molecule has 4 rings (SSSR count). The molecule has 2 heterocycles. The first-order valence-electron chi connectivity index (χ1n) is 10.6. The van der Waals surface area contributed by atoms with Crippen molar-refractivity contribution in [3.8, 4) is 0 Å². The molecule has 3 aromatic rings. The fourth-order valence-corrected chi connectivity index (χ4v) is 3.87. The lowest BCUT2D eigenvalue weighted by Crippen LogP contribution is -2.48. The molecule has 1 saturated heterocycles. The normalized spacial score (nSPS) is 15.1. The van der Waals surface area contributed by atoms with Crippen molar-refractivity contribution in [2.45, 2.75) is 13.5 Å². The second-order valence-corrected chi connectivity index (χ2v) is 7.58. The quantitative estimate of drug-likeness (QED) is 0.590. The first-order chi connectivity index (χ1) is 15.1. The van der Waals surface area contributed by atoms with Crippen LogP contribution in [-0.4, -0.2) is 61.0 Å². The van der Waals surface area contributed by atoms with Crippen LogP contribution in [0.5, 0.6) is 0 Å². The molecule has 0 saturated carbocycles. The van der Waals surface area contributed by atoms with E-state index in [9.17, 15) is 9.59 Å². The van der Waals surface area contributed by atoms with Crippen molar-refractivity contribution in [3.63, 3.8) is 0 Å². The van der Waals surface area contributed by atoms with Gasteiger partial charge in [0.2, 0.25) is 5.91 Å². The van der Waals surface area contributed by atoms with E-state index in [-0.39, 0.29) is 11.9 Å². The Bertz CT molecular complexity index is 1040. The van der Waals surface area contributed by atoms with Gasteiger partial charge in [-0.25, -0.2) is 4.79 Å². The number of para-hydroxylation sites is 2. The minimum absolute atomic E-state index is 0.0125. The highest BCUT2D eigenvalue weighted by Gasteiger charge is 2.25. The van der Waals surface area contributed by atoms with Crippen LogP contribution in [0.3, 0.4) is 0 Å². The third-order valence-corrected chi connectivity index (χ3v) is 5.40. The highest BCUT2D eigenvalue weighted by molar-refractivity contribution is 6.04. The van der Waals surface area contributed by atoms with Crippen LogP contribution in [0.25, 0.3) is 11.0 Å². The number of amides is 1. The van der Waals surface area contributed by atoms with Gasteiger partial charge in [0, 0.05) is 37.3 Å². The van der Waals surface area contributed by atoms with Crippen molar-refractivity contribution in [2.75, 3.05) is 44.6 Å². The lowest BCUT2D eigenvalue weighted by molar-refractivity contribution is -0.117. The standard InChI is InChI=1S/C24H27N3O4/c1-2-30-24(29)23-19-10-6-7-11-20(19)31-21(23)16-26-12-14-27(15-13-26)17-22(28)25-18-8-4-3-5-9-18/h3-11H,2,12-17H2,1H3,(H,25,28). The SMILES string of the molecule is CCOC(=O)c1c(CN2CCN(CC(=O)Nc3ccccc3)CC2)oc2ccccc12. The number of nitrogens with one attached hydrogen (secondary N) is 1. The van der Waals surface area contributed by atoms with E-state index < -0.39 is 0 Å². The molecule has 0 atom stereocenters. The van der Waals surface area contributed by atoms with Crippen LogP contribution in [0.4, 0.5) is 5.69 Å². The topological polar surface area (TPSA) is 75.0 Å². The van der Waals surface area contributed by atoms with Gasteiger partial charge >= 0.3 is 5.97 Å². The molecule has 1 amide bonds. The summed E-state index contributed by atoms with van der Waals surface area (Å²) >= 11 is 0. The number of carbonyl (C=O) groups excluding carboxylic acids is 2. The summed E-state index contributed by atoms with van der Waals surface area (Å²) in [6.07, 6.45) is 0. The molecule has 7 heteroatoms. The number of hydrogen-bond donors (Lipinski definition) is 1. The number of ether oxygens (including phenoxy) is 1. The molecular weight excluding hydrogens is 394 g/mol. The third-order valence-electron chi connectivity index (χ3n) is 5.40. The molecule has 1 fully saturated rings. The fourth-order valence-electron chi connectivity index (χ4n) is 3.87. The Kier molecular flexibility index (Phi) is 6.64. The van der Waals surface area contributed by atoms with E-state index in [1.165, 1.54) is 0 Å². The molecule has 1 aliphatic rings. The summed E-state index contributed by atoms with van der Waals surface area (Å²) in [6.45, 7) is 6.15. The number of hydrogen-bond acceptors (Lipinski definition) is 6. The lowest BCUT2D eigenvalue weighted by atomic mass is 10.1. The monoisotopic (exact) mass is 421 g/mol. The Hall–Kier alpha value is -3.16. The second-order valence-electron chi connectivity index (χ2n) is 7.58. The van der Waals surface area contributed by atoms with E-state index in [1.807, 2.05) is 54.6 Å². The minimum Gasteiger partial charge on any atom is -0.462 e. The van der Waals surface area contributed by atoms with Crippen LogP contribution in [0.2, 0.25) is 0 Å². The summed E-state index contributed by atoms with van der Waals surface area (Å²) in [6, 6.07) is 17.0. The average molecular weight is 421 g/mol. The molecule has 1 aliphatic heterocycles. The first kappa shape index (κ1) is 21.1. The Morgan fingerprint density at radius 1 is 0.968 bits per heavy atom. The minimum atomic E-state index is -0.348. The Morgan fingerprint density at radius 3 is 2.39 bits per heavy atom. The number of esters is 1. The number of anilines is 1. The van der Waals surface area contributed by atoms with Gasteiger partial charge in [-0.3, -0.25) is 14.6 Å². The number of rotatable bonds is 7. The van der Waals surface area contributed by atoms with Gasteiger partial charge in [0.15, 0.2) is 0 Å². The van der Waals surface area contributed by atoms with E-state index in [2.05, 4.69) is 15.1 Å². The molecule has 0 bridgehead atoms. The Balaban J connectivity index is 1.36. The van der Waals surface area contributed by atoms with Gasteiger partial charge in [0.1, 0.15) is 16.9 Å². The first-order valence-corrected chi connectivity index (χ1v) is 10.6. The number of piperazine rings is 1. The maximum atomic E-state index is 12.6. The largest absolute Gasteiger partial charge is 0.462 e. The summed E-state index contributed by atoms with van der Waals surface area (Å²) in [4.78, 5) is 29.2. The van der Waals surface area contributed by atoms with Crippen LogP contribution in [0.15, 0.2) is 59.0 Å². The van der Waals surface area contributed by atoms with Crippen LogP contribution in [-0.2, 0) is 16.1 Å². The average Bonchev–Trinajstić information content (AvgIpc) is 3.14. The lowest BCUT2D eigenvalue weighted by Gasteiger charge is -2.33. The molecule has 0 radical (unpaired) electrons. The zero-order valence-electron chi connectivity index (χ0n) is 17.7. The molecule has 0 spiro atoms. The number of carbonyl (C=O) groups is 2. The summed E-state index contributed by atoms with van der Waals surface area (Å²) in [7, 11) is 0. The molecular formula is C24H27N3O4. The van der Waals surface area contributed by atoms with Crippen molar-refractivity contribution in [3.05, 3.63) is 65.9 Å². The van der Waals surface area contributed by atoms with Crippen LogP contribution in [0.1, 0.15) is 23.0 Å². The molecule has 1 N–H and O–H groups in total. The summed E-state index contributed by atoms with van der Waals surface area (Å²) in [5, 5.41) is 3.71. The van der Waals surface area contributed by atoms with E-state index in [1.54, 1.807) is 6.92 Å². The molecule has 0 unspecified atom stereocenters. The van der Waals surface area contributed by atoms with Gasteiger partial charge in [-0.05, 0) is 25.1 Å². The van der Waals surface area contributed by atoms with Crippen molar-refractivity contribution < 1.29 is 18.7 Å². The van der Waals surface area contributed by atoms with Gasteiger partial charge in [0.05, 0.1) is 19.7 Å². The number of nitrogens with zero attached hydrogens (tertiary/aromatic N) is 2. The van der Waals surface area contributed by atoms with Gasteiger partial charge in [-0.15, -0.1) is 0 Å². The summed E-state index contributed by atoms with van der Waals surface area (Å²) in [5.74, 6) is 0.273. The Morgan fingerprint density at radius 2 is 1.65 bits per heavy atom. The number of fused-ring (bicyclic) bond motifs is 1. The van der Waals surface area contributed by atoms with Crippen LogP contribution < -0.4 is 5.32 Å². The van der Waals surface area contributed by atoms with E-state index in [4.69, 9.17) is 9.15 Å². The molecule has 0 aliphatic carbocycles. The fraction of sp³-hybridized carbons (Fsp3) is 0.333. The number of furan rings is 1. The highest BCUT2D eigenvalue weighted by atomic mass is 16.5. The van der Waals surface area contributed by atoms with Gasteiger partial charge in [-0.1, -0.05) is 36.4 Å². The van der Waals surface area contributed by atoms with Gasteiger partial charge < -0.3 is 14.5 Å². The van der Waals surface area contributed by atoms with Crippen molar-refractivity contribution in [2.24, 2.45) is 0 Å². The maximum Gasteiger partial charge on any atom is 0.342 e. The zero-order valence-corrected chi connectivity index (χ0v) is 17.7. The zero-order chi connectivity index (χ0) is 21.6. The summed E-state index contributed by atoms with van der Waals surface area (Å²) in [5.41, 5.74) is 2.02. The molecule has 1 aromatic heterocycles. The molecule has 7 nitrogen and oxygen atoms in total. The van der Waals surface area contributed by atoms with Crippen molar-refractivity contribution in [1.82, 2.24) is 9.80 Å². The third kappa shape index (κ3) is 5.13. The highest BCUT2D eigenvalue weighted by Crippen LogP contribution is 2.28. The molecule has 2 aromatic carbocycles. The predicted molar refractivity (Wildman–Crippen MR) is 119 cm³/mol. The maximum absolute atomic E-state index is 12.6.